The number of carbonyl (C=O) groups is 2. The molecule has 4 aromatic rings. The Hall–Kier alpha value is -4.53. The Labute approximate surface area is 204 Å². The summed E-state index contributed by atoms with van der Waals surface area (Å²) in [5.74, 6) is -1.26. The van der Waals surface area contributed by atoms with Crippen LogP contribution in [0.3, 0.4) is 0 Å². The van der Waals surface area contributed by atoms with Crippen molar-refractivity contribution >= 4 is 11.9 Å². The lowest BCUT2D eigenvalue weighted by atomic mass is 9.97. The highest BCUT2D eigenvalue weighted by molar-refractivity contribution is 5.99. The number of halogens is 3. The number of esters is 1. The normalized spacial score (nSPS) is 12.0. The Morgan fingerprint density at radius 2 is 1.64 bits per heavy atom. The van der Waals surface area contributed by atoms with Crippen LogP contribution in [0.5, 0.6) is 0 Å². The van der Waals surface area contributed by atoms with E-state index in [1.165, 1.54) is 43.9 Å². The van der Waals surface area contributed by atoms with Gasteiger partial charge in [-0.3, -0.25) is 14.8 Å². The molecule has 2 aromatic heterocycles. The standard InChI is InChI=1S/C27H20F3N3O3/c1-36-26(35)24(18-6-3-2-4-7-18)33-25(34)20-15-22(17-10-12-31-13-11-17)23(32-16-20)19-8-5-9-21(14-19)27(28,29)30/h2-16,24H,1H3,(H,33,34). The lowest BCUT2D eigenvalue weighted by molar-refractivity contribution is -0.143. The molecule has 9 heteroatoms. The third-order valence-electron chi connectivity index (χ3n) is 5.45. The van der Waals surface area contributed by atoms with E-state index >= 15 is 0 Å². The van der Waals surface area contributed by atoms with Gasteiger partial charge in [0, 0.05) is 29.7 Å². The van der Waals surface area contributed by atoms with E-state index in [1.54, 1.807) is 42.5 Å². The second-order valence-corrected chi connectivity index (χ2v) is 7.77. The number of alkyl halides is 3. The van der Waals surface area contributed by atoms with Crippen molar-refractivity contribution in [3.63, 3.8) is 0 Å². The fourth-order valence-electron chi connectivity index (χ4n) is 3.67. The smallest absolute Gasteiger partial charge is 0.416 e. The van der Waals surface area contributed by atoms with Crippen LogP contribution in [-0.4, -0.2) is 29.0 Å². The van der Waals surface area contributed by atoms with Crippen molar-refractivity contribution in [2.45, 2.75) is 12.2 Å². The molecule has 1 amide bonds. The summed E-state index contributed by atoms with van der Waals surface area (Å²) in [5.41, 5.74) is 1.36. The average molecular weight is 491 g/mol. The molecule has 182 valence electrons. The monoisotopic (exact) mass is 491 g/mol. The van der Waals surface area contributed by atoms with Gasteiger partial charge in [0.25, 0.3) is 5.91 Å². The van der Waals surface area contributed by atoms with Crippen LogP contribution in [-0.2, 0) is 15.7 Å². The van der Waals surface area contributed by atoms with Gasteiger partial charge in [-0.2, -0.15) is 13.2 Å². The van der Waals surface area contributed by atoms with E-state index in [1.807, 2.05) is 0 Å². The minimum absolute atomic E-state index is 0.113. The summed E-state index contributed by atoms with van der Waals surface area (Å²) in [6, 6.07) is 17.2. The van der Waals surface area contributed by atoms with Crippen LogP contribution in [0.25, 0.3) is 22.4 Å². The van der Waals surface area contributed by atoms with E-state index in [2.05, 4.69) is 15.3 Å². The molecular weight excluding hydrogens is 471 g/mol. The van der Waals surface area contributed by atoms with Crippen molar-refractivity contribution in [3.05, 3.63) is 108 Å². The first-order chi connectivity index (χ1) is 17.3. The van der Waals surface area contributed by atoms with Crippen LogP contribution in [0.4, 0.5) is 13.2 Å². The molecule has 0 bridgehead atoms. The minimum atomic E-state index is -4.52. The molecule has 2 heterocycles. The van der Waals surface area contributed by atoms with Crippen molar-refractivity contribution in [1.82, 2.24) is 15.3 Å². The maximum atomic E-state index is 13.3. The van der Waals surface area contributed by atoms with E-state index in [9.17, 15) is 22.8 Å². The molecule has 1 N–H and O–H groups in total. The molecule has 0 spiro atoms. The lowest BCUT2D eigenvalue weighted by Crippen LogP contribution is -2.34. The summed E-state index contributed by atoms with van der Waals surface area (Å²) in [7, 11) is 1.22. The number of amides is 1. The highest BCUT2D eigenvalue weighted by Gasteiger charge is 2.31. The topological polar surface area (TPSA) is 81.2 Å². The fraction of sp³-hybridized carbons (Fsp3) is 0.111. The Morgan fingerprint density at radius 3 is 2.31 bits per heavy atom. The van der Waals surface area contributed by atoms with Crippen LogP contribution in [0.1, 0.15) is 27.5 Å². The van der Waals surface area contributed by atoms with E-state index in [0.29, 0.717) is 16.7 Å². The summed E-state index contributed by atoms with van der Waals surface area (Å²) in [4.78, 5) is 33.8. The van der Waals surface area contributed by atoms with Gasteiger partial charge in [0.2, 0.25) is 0 Å². The zero-order valence-electron chi connectivity index (χ0n) is 19.0. The molecule has 0 aliphatic heterocycles. The number of hydrogen-bond acceptors (Lipinski definition) is 5. The zero-order chi connectivity index (χ0) is 25.7. The van der Waals surface area contributed by atoms with Gasteiger partial charge in [-0.05, 0) is 41.5 Å². The summed E-state index contributed by atoms with van der Waals surface area (Å²) in [6.45, 7) is 0. The van der Waals surface area contributed by atoms with Crippen molar-refractivity contribution < 1.29 is 27.5 Å². The highest BCUT2D eigenvalue weighted by Crippen LogP contribution is 2.35. The van der Waals surface area contributed by atoms with Gasteiger partial charge in [0.05, 0.1) is 23.9 Å². The number of nitrogens with one attached hydrogen (secondary N) is 1. The first kappa shape index (κ1) is 24.6. The van der Waals surface area contributed by atoms with Gasteiger partial charge in [-0.25, -0.2) is 4.79 Å². The summed E-state index contributed by atoms with van der Waals surface area (Å²) in [6.07, 6.45) is -0.205. The molecule has 0 saturated carbocycles. The highest BCUT2D eigenvalue weighted by atomic mass is 19.4. The Kier molecular flexibility index (Phi) is 7.10. The predicted molar refractivity (Wildman–Crippen MR) is 127 cm³/mol. The largest absolute Gasteiger partial charge is 0.467 e. The molecule has 0 radical (unpaired) electrons. The number of pyridine rings is 2. The molecule has 0 aliphatic carbocycles. The van der Waals surface area contributed by atoms with Gasteiger partial charge >= 0.3 is 12.1 Å². The zero-order valence-corrected chi connectivity index (χ0v) is 19.0. The van der Waals surface area contributed by atoms with Crippen LogP contribution in [0.2, 0.25) is 0 Å². The maximum absolute atomic E-state index is 13.3. The second kappa shape index (κ2) is 10.4. The molecule has 0 saturated heterocycles. The van der Waals surface area contributed by atoms with E-state index in [4.69, 9.17) is 4.74 Å². The molecule has 1 unspecified atom stereocenters. The van der Waals surface area contributed by atoms with Crippen LogP contribution in [0, 0.1) is 0 Å². The second-order valence-electron chi connectivity index (χ2n) is 7.77. The van der Waals surface area contributed by atoms with Crippen LogP contribution in [0.15, 0.2) is 91.4 Å². The Bertz CT molecular complexity index is 1380. The van der Waals surface area contributed by atoms with E-state index in [0.717, 1.165) is 12.1 Å². The summed E-state index contributed by atoms with van der Waals surface area (Å²) < 4.78 is 44.8. The molecule has 0 fully saturated rings. The van der Waals surface area contributed by atoms with Gasteiger partial charge < -0.3 is 10.1 Å². The number of carbonyl (C=O) groups excluding carboxylic acids is 2. The Balaban J connectivity index is 1.76. The number of benzene rings is 2. The van der Waals surface area contributed by atoms with E-state index in [-0.39, 0.29) is 16.8 Å². The van der Waals surface area contributed by atoms with Crippen molar-refractivity contribution in [1.29, 1.82) is 0 Å². The molecule has 4 rings (SSSR count). The Morgan fingerprint density at radius 1 is 0.917 bits per heavy atom. The van der Waals surface area contributed by atoms with Gasteiger partial charge in [-0.1, -0.05) is 42.5 Å². The van der Waals surface area contributed by atoms with Gasteiger partial charge in [0.15, 0.2) is 6.04 Å². The molecule has 0 aliphatic rings. The molecule has 36 heavy (non-hydrogen) atoms. The quantitative estimate of drug-likeness (QED) is 0.362. The van der Waals surface area contributed by atoms with Gasteiger partial charge in [-0.15, -0.1) is 0 Å². The lowest BCUT2D eigenvalue weighted by Gasteiger charge is -2.18. The first-order valence-electron chi connectivity index (χ1n) is 10.8. The van der Waals surface area contributed by atoms with E-state index < -0.39 is 29.7 Å². The maximum Gasteiger partial charge on any atom is 0.416 e. The summed E-state index contributed by atoms with van der Waals surface area (Å²) in [5, 5.41) is 2.65. The average Bonchev–Trinajstić information content (AvgIpc) is 2.91. The minimum Gasteiger partial charge on any atom is -0.467 e. The number of methoxy groups -OCH3 is 1. The molecule has 6 nitrogen and oxygen atoms in total. The van der Waals surface area contributed by atoms with Crippen molar-refractivity contribution in [3.8, 4) is 22.4 Å². The summed E-state index contributed by atoms with van der Waals surface area (Å²) >= 11 is 0. The molecular formula is C27H20F3N3O3. The van der Waals surface area contributed by atoms with Crippen molar-refractivity contribution in [2.75, 3.05) is 7.11 Å². The number of hydrogen-bond donors (Lipinski definition) is 1. The SMILES string of the molecule is COC(=O)C(NC(=O)c1cnc(-c2cccc(C(F)(F)F)c2)c(-c2ccncc2)c1)c1ccccc1. The number of ether oxygens (including phenoxy) is 1. The number of rotatable bonds is 6. The fourth-order valence-corrected chi connectivity index (χ4v) is 3.67. The van der Waals surface area contributed by atoms with Crippen molar-refractivity contribution in [2.24, 2.45) is 0 Å². The first-order valence-corrected chi connectivity index (χ1v) is 10.8. The number of nitrogens with zero attached hydrogens (tertiary/aromatic N) is 2. The number of aromatic nitrogens is 2. The third-order valence-corrected chi connectivity index (χ3v) is 5.45. The van der Waals surface area contributed by atoms with Crippen LogP contribution < -0.4 is 5.32 Å². The molecule has 2 aromatic carbocycles. The molecule has 1 atom stereocenters. The van der Waals surface area contributed by atoms with Gasteiger partial charge in [0.1, 0.15) is 0 Å². The third kappa shape index (κ3) is 5.41. The van der Waals surface area contributed by atoms with Crippen LogP contribution >= 0.6 is 0 Å². The predicted octanol–water partition coefficient (Wildman–Crippen LogP) is 5.47.